The number of rotatable bonds is 7. The Hall–Kier alpha value is -3.12. The number of carbonyl (C=O) groups is 1. The number of ether oxygens (including phenoxy) is 1. The molecule has 0 radical (unpaired) electrons. The Kier molecular flexibility index (Phi) is 5.86. The van der Waals surface area contributed by atoms with Crippen LogP contribution in [0.3, 0.4) is 0 Å². The molecule has 30 heavy (non-hydrogen) atoms. The van der Waals surface area contributed by atoms with E-state index in [0.717, 1.165) is 28.3 Å². The summed E-state index contributed by atoms with van der Waals surface area (Å²) in [6, 6.07) is 16.0. The number of fused-ring (bicyclic) bond motifs is 1. The quantitative estimate of drug-likeness (QED) is 0.408. The van der Waals surface area contributed by atoms with Gasteiger partial charge in [0.25, 0.3) is 0 Å². The van der Waals surface area contributed by atoms with E-state index < -0.39 is 0 Å². The molecule has 0 fully saturated rings. The van der Waals surface area contributed by atoms with Gasteiger partial charge in [-0.2, -0.15) is 0 Å². The molecule has 154 valence electrons. The molecule has 0 N–H and O–H groups in total. The molecule has 0 saturated heterocycles. The lowest BCUT2D eigenvalue weighted by atomic mass is 10.1. The van der Waals surface area contributed by atoms with E-state index in [1.165, 1.54) is 15.6 Å². The molecule has 2 aromatic heterocycles. The van der Waals surface area contributed by atoms with E-state index in [4.69, 9.17) is 9.26 Å². The minimum Gasteiger partial charge on any atom is -0.489 e. The summed E-state index contributed by atoms with van der Waals surface area (Å²) in [6.45, 7) is 4.81. The normalized spacial score (nSPS) is 11.0. The zero-order valence-corrected chi connectivity index (χ0v) is 18.2. The first kappa shape index (κ1) is 20.2. The Morgan fingerprint density at radius 3 is 2.63 bits per heavy atom. The minimum absolute atomic E-state index is 0.0923. The molecule has 0 unspecified atom stereocenters. The molecule has 0 bridgehead atoms. The average Bonchev–Trinajstić information content (AvgIpc) is 3.30. The molecule has 0 atom stereocenters. The number of aromatic nitrogens is 1. The highest BCUT2D eigenvalue weighted by molar-refractivity contribution is 7.17. The molecular formula is C24H24N2O3S. The van der Waals surface area contributed by atoms with Gasteiger partial charge in [-0.25, -0.2) is 0 Å². The third-order valence-corrected chi connectivity index (χ3v) is 6.25. The number of hydrogen-bond acceptors (Lipinski definition) is 5. The van der Waals surface area contributed by atoms with Gasteiger partial charge in [0.15, 0.2) is 0 Å². The molecule has 4 rings (SSSR count). The summed E-state index contributed by atoms with van der Waals surface area (Å²) < 4.78 is 12.2. The molecule has 0 aliphatic heterocycles. The summed E-state index contributed by atoms with van der Waals surface area (Å²) >= 11 is 1.72. The Bertz CT molecular complexity index is 1140. The van der Waals surface area contributed by atoms with Crippen molar-refractivity contribution in [2.45, 2.75) is 33.4 Å². The van der Waals surface area contributed by atoms with E-state index in [1.807, 2.05) is 57.3 Å². The standard InChI is InChI=1S/C24H24N2O3S/c1-16-22(17(2)29-25-16)14-28-20-10-8-18(9-11-20)12-24(27)26(3)13-19-15-30-23-7-5-4-6-21(19)23/h4-11,15H,12-14H2,1-3H3. The van der Waals surface area contributed by atoms with Gasteiger partial charge < -0.3 is 14.2 Å². The number of amides is 1. The van der Waals surface area contributed by atoms with Crippen molar-refractivity contribution in [1.29, 1.82) is 0 Å². The van der Waals surface area contributed by atoms with Crippen molar-refractivity contribution in [2.75, 3.05) is 7.05 Å². The molecule has 0 saturated carbocycles. The van der Waals surface area contributed by atoms with Gasteiger partial charge in [-0.05, 0) is 53.9 Å². The number of benzene rings is 2. The highest BCUT2D eigenvalue weighted by Crippen LogP contribution is 2.26. The second-order valence-corrected chi connectivity index (χ2v) is 8.33. The van der Waals surface area contributed by atoms with Crippen LogP contribution in [0.15, 0.2) is 58.4 Å². The van der Waals surface area contributed by atoms with Crippen LogP contribution < -0.4 is 4.74 Å². The van der Waals surface area contributed by atoms with Gasteiger partial charge >= 0.3 is 0 Å². The molecule has 0 spiro atoms. The van der Waals surface area contributed by atoms with Crippen LogP contribution in [-0.2, 0) is 24.4 Å². The summed E-state index contributed by atoms with van der Waals surface area (Å²) in [5, 5.41) is 7.30. The number of carbonyl (C=O) groups excluding carboxylic acids is 1. The maximum atomic E-state index is 12.7. The first-order valence-electron chi connectivity index (χ1n) is 9.84. The molecule has 6 heteroatoms. The fourth-order valence-electron chi connectivity index (χ4n) is 3.38. The van der Waals surface area contributed by atoms with Crippen molar-refractivity contribution in [3.05, 3.63) is 82.1 Å². The lowest BCUT2D eigenvalue weighted by Gasteiger charge is -2.17. The zero-order valence-electron chi connectivity index (χ0n) is 17.3. The van der Waals surface area contributed by atoms with E-state index in [1.54, 1.807) is 16.2 Å². The summed E-state index contributed by atoms with van der Waals surface area (Å²) in [5.74, 6) is 1.62. The van der Waals surface area contributed by atoms with Gasteiger partial charge in [-0.3, -0.25) is 4.79 Å². The highest BCUT2D eigenvalue weighted by Gasteiger charge is 2.13. The number of hydrogen-bond donors (Lipinski definition) is 0. The van der Waals surface area contributed by atoms with Gasteiger partial charge in [0.1, 0.15) is 18.1 Å². The Labute approximate surface area is 179 Å². The van der Waals surface area contributed by atoms with Crippen LogP contribution in [0.25, 0.3) is 10.1 Å². The lowest BCUT2D eigenvalue weighted by molar-refractivity contribution is -0.129. The van der Waals surface area contributed by atoms with Crippen molar-refractivity contribution >= 4 is 27.3 Å². The molecule has 0 aliphatic carbocycles. The first-order chi connectivity index (χ1) is 14.5. The van der Waals surface area contributed by atoms with Crippen LogP contribution in [0.4, 0.5) is 0 Å². The molecule has 4 aromatic rings. The van der Waals surface area contributed by atoms with Gasteiger partial charge in [0.05, 0.1) is 17.7 Å². The van der Waals surface area contributed by atoms with Crippen LogP contribution in [0.1, 0.15) is 28.1 Å². The van der Waals surface area contributed by atoms with Crippen LogP contribution in [-0.4, -0.2) is 23.0 Å². The zero-order chi connectivity index (χ0) is 21.1. The van der Waals surface area contributed by atoms with Gasteiger partial charge in [0.2, 0.25) is 5.91 Å². The minimum atomic E-state index is 0.0923. The van der Waals surface area contributed by atoms with Crippen molar-refractivity contribution < 1.29 is 14.1 Å². The molecule has 2 aromatic carbocycles. The molecule has 0 aliphatic rings. The number of nitrogens with zero attached hydrogens (tertiary/aromatic N) is 2. The van der Waals surface area contributed by atoms with Crippen molar-refractivity contribution in [3.8, 4) is 5.75 Å². The molecule has 2 heterocycles. The number of aryl methyl sites for hydroxylation is 2. The fourth-order valence-corrected chi connectivity index (χ4v) is 4.33. The van der Waals surface area contributed by atoms with E-state index in [2.05, 4.69) is 22.7 Å². The van der Waals surface area contributed by atoms with Crippen LogP contribution in [0, 0.1) is 13.8 Å². The Morgan fingerprint density at radius 1 is 1.13 bits per heavy atom. The third kappa shape index (κ3) is 4.39. The molecule has 1 amide bonds. The van der Waals surface area contributed by atoms with Crippen molar-refractivity contribution in [1.82, 2.24) is 10.1 Å². The van der Waals surface area contributed by atoms with Crippen LogP contribution >= 0.6 is 11.3 Å². The van der Waals surface area contributed by atoms with E-state index in [-0.39, 0.29) is 5.91 Å². The smallest absolute Gasteiger partial charge is 0.227 e. The number of thiophene rings is 1. The van der Waals surface area contributed by atoms with Crippen molar-refractivity contribution in [2.24, 2.45) is 0 Å². The number of likely N-dealkylation sites (N-methyl/N-ethyl adjacent to an activating group) is 1. The topological polar surface area (TPSA) is 55.6 Å². The van der Waals surface area contributed by atoms with Crippen LogP contribution in [0.5, 0.6) is 5.75 Å². The van der Waals surface area contributed by atoms with Gasteiger partial charge in [-0.15, -0.1) is 11.3 Å². The van der Waals surface area contributed by atoms with E-state index >= 15 is 0 Å². The second kappa shape index (κ2) is 8.71. The summed E-state index contributed by atoms with van der Waals surface area (Å²) in [4.78, 5) is 14.5. The predicted octanol–water partition coefficient (Wildman–Crippen LogP) is 5.29. The van der Waals surface area contributed by atoms with Crippen LogP contribution in [0.2, 0.25) is 0 Å². The van der Waals surface area contributed by atoms with Gasteiger partial charge in [0, 0.05) is 18.3 Å². The maximum Gasteiger partial charge on any atom is 0.227 e. The lowest BCUT2D eigenvalue weighted by Crippen LogP contribution is -2.27. The SMILES string of the molecule is Cc1noc(C)c1COc1ccc(CC(=O)N(C)Cc2csc3ccccc23)cc1. The summed E-state index contributed by atoms with van der Waals surface area (Å²) in [5.41, 5.74) is 3.97. The van der Waals surface area contributed by atoms with Gasteiger partial charge in [-0.1, -0.05) is 35.5 Å². The Balaban J connectivity index is 1.34. The summed E-state index contributed by atoms with van der Waals surface area (Å²) in [7, 11) is 1.86. The third-order valence-electron chi connectivity index (χ3n) is 5.24. The largest absolute Gasteiger partial charge is 0.489 e. The fraction of sp³-hybridized carbons (Fsp3) is 0.250. The second-order valence-electron chi connectivity index (χ2n) is 7.42. The molecule has 5 nitrogen and oxygen atoms in total. The van der Waals surface area contributed by atoms with Crippen molar-refractivity contribution in [3.63, 3.8) is 0 Å². The predicted molar refractivity (Wildman–Crippen MR) is 119 cm³/mol. The monoisotopic (exact) mass is 420 g/mol. The highest BCUT2D eigenvalue weighted by atomic mass is 32.1. The Morgan fingerprint density at radius 2 is 1.90 bits per heavy atom. The molecular weight excluding hydrogens is 396 g/mol. The summed E-state index contributed by atoms with van der Waals surface area (Å²) in [6.07, 6.45) is 0.364. The first-order valence-corrected chi connectivity index (χ1v) is 10.7. The van der Waals surface area contributed by atoms with E-state index in [0.29, 0.717) is 19.6 Å². The maximum absolute atomic E-state index is 12.7. The average molecular weight is 421 g/mol. The van der Waals surface area contributed by atoms with E-state index in [9.17, 15) is 4.79 Å².